The molecule has 0 aromatic rings. The van der Waals surface area contributed by atoms with Crippen LogP contribution in [0, 0.1) is 22.7 Å². The maximum Gasteiger partial charge on any atom is -0.0227 e. The molecule has 0 aliphatic heterocycles. The Morgan fingerprint density at radius 1 is 0.567 bits per heavy atom. The van der Waals surface area contributed by atoms with E-state index in [2.05, 4.69) is 55.4 Å². The van der Waals surface area contributed by atoms with Crippen LogP contribution in [0.5, 0.6) is 0 Å². The molecule has 4 atom stereocenters. The molecule has 1 aliphatic carbocycles. The van der Waals surface area contributed by atoms with E-state index in [9.17, 15) is 0 Å². The molecule has 0 nitrogen and oxygen atoms in total. The van der Waals surface area contributed by atoms with Crippen LogP contribution >= 0.6 is 15.8 Å². The lowest BCUT2D eigenvalue weighted by Crippen LogP contribution is -2.49. The van der Waals surface area contributed by atoms with E-state index in [4.69, 9.17) is 0 Å². The summed E-state index contributed by atoms with van der Waals surface area (Å²) in [6.45, 7) is 20.2. The second-order valence-corrected chi connectivity index (χ2v) is 16.6. The molecule has 0 N–H and O–H groups in total. The van der Waals surface area contributed by atoms with Gasteiger partial charge in [-0.25, -0.2) is 0 Å². The van der Waals surface area contributed by atoms with Gasteiger partial charge in [-0.15, -0.1) is 15.8 Å². The average Bonchev–Trinajstić information content (AvgIpc) is 2.70. The molecule has 0 aromatic heterocycles. The van der Waals surface area contributed by atoms with Crippen LogP contribution in [-0.4, -0.2) is 37.0 Å². The van der Waals surface area contributed by atoms with Crippen molar-refractivity contribution in [2.75, 3.05) is 37.0 Å². The first-order valence-corrected chi connectivity index (χ1v) is 17.5. The molecule has 2 heteroatoms. The monoisotopic (exact) mass is 456 g/mol. The molecule has 30 heavy (non-hydrogen) atoms. The van der Waals surface area contributed by atoms with Gasteiger partial charge >= 0.3 is 0 Å². The molecule has 1 rings (SSSR count). The van der Waals surface area contributed by atoms with Crippen molar-refractivity contribution in [1.82, 2.24) is 0 Å². The first kappa shape index (κ1) is 28.9. The Labute approximate surface area is 195 Å². The van der Waals surface area contributed by atoms with E-state index < -0.39 is 0 Å². The van der Waals surface area contributed by atoms with Gasteiger partial charge in [-0.05, 0) is 98.2 Å². The van der Waals surface area contributed by atoms with Gasteiger partial charge in [-0.1, -0.05) is 81.1 Å². The smallest absolute Gasteiger partial charge is 0.0227 e. The molecule has 2 unspecified atom stereocenters. The van der Waals surface area contributed by atoms with Gasteiger partial charge in [-0.3, -0.25) is 0 Å². The highest BCUT2D eigenvalue weighted by Crippen LogP contribution is 2.63. The third kappa shape index (κ3) is 9.01. The topological polar surface area (TPSA) is 0 Å². The Hall–Kier alpha value is 0.860. The summed E-state index contributed by atoms with van der Waals surface area (Å²) in [6, 6.07) is 0. The Bertz CT molecular complexity index is 380. The lowest BCUT2D eigenvalue weighted by Gasteiger charge is -2.57. The van der Waals surface area contributed by atoms with E-state index >= 15 is 0 Å². The Kier molecular flexibility index (Phi) is 14.3. The molecule has 0 heterocycles. The molecule has 1 aliphatic rings. The van der Waals surface area contributed by atoms with Gasteiger partial charge in [0.05, 0.1) is 0 Å². The molecule has 0 spiro atoms. The summed E-state index contributed by atoms with van der Waals surface area (Å²) < 4.78 is 0. The van der Waals surface area contributed by atoms with Gasteiger partial charge in [-0.2, -0.15) is 0 Å². The minimum Gasteiger partial charge on any atom is -0.106 e. The largest absolute Gasteiger partial charge is 0.106 e. The third-order valence-corrected chi connectivity index (χ3v) is 14.5. The Balaban J connectivity index is 3.07. The van der Waals surface area contributed by atoms with Crippen molar-refractivity contribution in [2.45, 2.75) is 120 Å². The van der Waals surface area contributed by atoms with E-state index in [-0.39, 0.29) is 15.8 Å². The van der Waals surface area contributed by atoms with Crippen LogP contribution in [0.1, 0.15) is 120 Å². The molecule has 180 valence electrons. The van der Waals surface area contributed by atoms with Crippen LogP contribution in [0.15, 0.2) is 0 Å². The number of rotatable bonds is 16. The minimum absolute atomic E-state index is 0.225. The van der Waals surface area contributed by atoms with E-state index in [1.165, 1.54) is 64.2 Å². The summed E-state index contributed by atoms with van der Waals surface area (Å²) in [5.41, 5.74) is 1.15. The fourth-order valence-corrected chi connectivity index (χ4v) is 13.0. The van der Waals surface area contributed by atoms with E-state index in [0.717, 1.165) is 11.8 Å². The number of hydrogen-bond donors (Lipinski definition) is 0. The van der Waals surface area contributed by atoms with E-state index in [1.807, 2.05) is 0 Å². The standard InChI is InChI=1S/C28H58P2/c1-9-13-17-29(18-14-10-2)23-27(7)21-25(5)26(6)22-28(27,8)24-30(19-15-11-3)20-16-12-4/h25-26H,9-24H2,1-8H3/t25?,26?,27-,28+. The quantitative estimate of drug-likeness (QED) is 0.203. The zero-order chi connectivity index (χ0) is 22.6. The van der Waals surface area contributed by atoms with Crippen LogP contribution < -0.4 is 0 Å². The van der Waals surface area contributed by atoms with Crippen LogP contribution in [0.4, 0.5) is 0 Å². The fraction of sp³-hybridized carbons (Fsp3) is 1.00. The molecule has 0 radical (unpaired) electrons. The van der Waals surface area contributed by atoms with Gasteiger partial charge in [0.25, 0.3) is 0 Å². The molecule has 1 fully saturated rings. The second kappa shape index (κ2) is 14.9. The van der Waals surface area contributed by atoms with Crippen molar-refractivity contribution in [2.24, 2.45) is 22.7 Å². The zero-order valence-electron chi connectivity index (χ0n) is 22.4. The fourth-order valence-electron chi connectivity index (χ4n) is 5.88. The zero-order valence-corrected chi connectivity index (χ0v) is 24.2. The van der Waals surface area contributed by atoms with Crippen molar-refractivity contribution in [3.63, 3.8) is 0 Å². The molecule has 0 aromatic carbocycles. The summed E-state index contributed by atoms with van der Waals surface area (Å²) >= 11 is 0. The predicted octanol–water partition coefficient (Wildman–Crippen LogP) is 10.2. The highest BCUT2D eigenvalue weighted by molar-refractivity contribution is 7.58. The van der Waals surface area contributed by atoms with Crippen LogP contribution in [-0.2, 0) is 0 Å². The molecule has 0 bridgehead atoms. The molecule has 0 amide bonds. The molecular weight excluding hydrogens is 398 g/mol. The number of unbranched alkanes of at least 4 members (excludes halogenated alkanes) is 4. The van der Waals surface area contributed by atoms with Gasteiger partial charge in [0.15, 0.2) is 0 Å². The summed E-state index contributed by atoms with van der Waals surface area (Å²) in [7, 11) is 0.449. The lowest BCUT2D eigenvalue weighted by atomic mass is 9.54. The first-order chi connectivity index (χ1) is 14.2. The van der Waals surface area contributed by atoms with Gasteiger partial charge in [0, 0.05) is 0 Å². The maximum atomic E-state index is 2.76. The van der Waals surface area contributed by atoms with Crippen LogP contribution in [0.25, 0.3) is 0 Å². The Morgan fingerprint density at radius 2 is 0.833 bits per heavy atom. The number of hydrogen-bond acceptors (Lipinski definition) is 0. The SMILES string of the molecule is CCCCP(CCCC)C[C@]1(C)CC(C)C(C)C[C@]1(C)CP(CCCC)CCCC. The summed E-state index contributed by atoms with van der Waals surface area (Å²) in [6.07, 6.45) is 23.7. The summed E-state index contributed by atoms with van der Waals surface area (Å²) in [5, 5.41) is 0. The van der Waals surface area contributed by atoms with Crippen molar-refractivity contribution in [3.8, 4) is 0 Å². The van der Waals surface area contributed by atoms with E-state index in [0.29, 0.717) is 10.8 Å². The van der Waals surface area contributed by atoms with Crippen molar-refractivity contribution >= 4 is 15.8 Å². The molecular formula is C28H58P2. The summed E-state index contributed by atoms with van der Waals surface area (Å²) in [4.78, 5) is 0. The third-order valence-electron chi connectivity index (χ3n) is 8.43. The first-order valence-electron chi connectivity index (χ1n) is 13.7. The van der Waals surface area contributed by atoms with Crippen molar-refractivity contribution < 1.29 is 0 Å². The van der Waals surface area contributed by atoms with Gasteiger partial charge < -0.3 is 0 Å². The molecule has 1 saturated carbocycles. The van der Waals surface area contributed by atoms with Crippen LogP contribution in [0.3, 0.4) is 0 Å². The summed E-state index contributed by atoms with van der Waals surface area (Å²) in [5.74, 6) is 1.82. The second-order valence-electron chi connectivity index (χ2n) is 11.5. The van der Waals surface area contributed by atoms with Crippen molar-refractivity contribution in [1.29, 1.82) is 0 Å². The lowest BCUT2D eigenvalue weighted by molar-refractivity contribution is -0.000482. The maximum absolute atomic E-state index is 2.76. The average molecular weight is 457 g/mol. The normalized spacial score (nSPS) is 29.8. The minimum atomic E-state index is 0.225. The van der Waals surface area contributed by atoms with E-state index in [1.54, 1.807) is 37.0 Å². The molecule has 0 saturated heterocycles. The highest BCUT2D eigenvalue weighted by Gasteiger charge is 2.51. The van der Waals surface area contributed by atoms with Gasteiger partial charge in [0.1, 0.15) is 0 Å². The predicted molar refractivity (Wildman–Crippen MR) is 146 cm³/mol. The van der Waals surface area contributed by atoms with Crippen molar-refractivity contribution in [3.05, 3.63) is 0 Å². The van der Waals surface area contributed by atoms with Crippen LogP contribution in [0.2, 0.25) is 0 Å². The highest BCUT2D eigenvalue weighted by atomic mass is 31.1. The Morgan fingerprint density at radius 3 is 1.07 bits per heavy atom. The van der Waals surface area contributed by atoms with Gasteiger partial charge in [0.2, 0.25) is 0 Å².